The number of morpholine rings is 1. The molecule has 1 aliphatic heterocycles. The number of quaternary nitrogens is 1. The van der Waals surface area contributed by atoms with Gasteiger partial charge >= 0.3 is 6.18 Å². The van der Waals surface area contributed by atoms with Crippen molar-refractivity contribution in [3.8, 4) is 17.2 Å². The maximum absolute atomic E-state index is 13.9. The van der Waals surface area contributed by atoms with E-state index < -0.39 is 23.1 Å². The Morgan fingerprint density at radius 1 is 1.09 bits per heavy atom. The van der Waals surface area contributed by atoms with E-state index in [1.807, 2.05) is 6.92 Å². The van der Waals surface area contributed by atoms with E-state index in [1.54, 1.807) is 12.1 Å². The first-order chi connectivity index (χ1) is 15.3. The number of nitrogens with one attached hydrogen (secondary N) is 1. The Morgan fingerprint density at radius 3 is 2.41 bits per heavy atom. The molecular formula is C23H23F3NO5+. The number of ether oxygens (including phenoxy) is 2. The number of halogens is 3. The van der Waals surface area contributed by atoms with Gasteiger partial charge in [0, 0.05) is 0 Å². The molecule has 4 rings (SSSR count). The van der Waals surface area contributed by atoms with E-state index in [2.05, 4.69) is 0 Å². The molecule has 0 saturated carbocycles. The van der Waals surface area contributed by atoms with Gasteiger partial charge in [0.05, 0.1) is 24.2 Å². The molecule has 170 valence electrons. The van der Waals surface area contributed by atoms with E-state index in [0.717, 1.165) is 16.9 Å². The molecule has 2 N–H and O–H groups in total. The molecule has 2 aromatic carbocycles. The number of hydrogen-bond acceptors (Lipinski definition) is 5. The Hall–Kier alpha value is -3.04. The first-order valence-electron chi connectivity index (χ1n) is 10.3. The van der Waals surface area contributed by atoms with E-state index in [-0.39, 0.29) is 34.6 Å². The molecule has 0 spiro atoms. The molecule has 1 aromatic heterocycles. The minimum atomic E-state index is -4.97. The number of aromatic hydroxyl groups is 1. The van der Waals surface area contributed by atoms with Gasteiger partial charge < -0.3 is 23.9 Å². The molecule has 0 radical (unpaired) electrons. The van der Waals surface area contributed by atoms with Gasteiger partial charge in [-0.15, -0.1) is 0 Å². The van der Waals surface area contributed by atoms with Gasteiger partial charge in [-0.25, -0.2) is 0 Å². The van der Waals surface area contributed by atoms with Gasteiger partial charge in [0.2, 0.25) is 11.2 Å². The summed E-state index contributed by atoms with van der Waals surface area (Å²) in [4.78, 5) is 14.1. The lowest BCUT2D eigenvalue weighted by molar-refractivity contribution is -0.921. The fraction of sp³-hybridized carbons (Fsp3) is 0.348. The Kier molecular flexibility index (Phi) is 6.12. The Bertz CT molecular complexity index is 1170. The standard InChI is InChI=1S/C23H22F3NO5/c1-2-14-3-5-15(6-4-14)31-21-19(29)16-7-8-18(28)17(13-27-9-11-30-12-10-27)20(16)32-22(21)23(24,25)26/h3-8,28H,2,9-13H2,1H3/p+1. The van der Waals surface area contributed by atoms with Crippen LogP contribution in [0.2, 0.25) is 0 Å². The summed E-state index contributed by atoms with van der Waals surface area (Å²) in [5.41, 5.74) is -0.100. The zero-order valence-electron chi connectivity index (χ0n) is 17.4. The third-order valence-electron chi connectivity index (χ3n) is 5.53. The van der Waals surface area contributed by atoms with Crippen LogP contribution in [0.3, 0.4) is 0 Å². The molecule has 0 aliphatic carbocycles. The average Bonchev–Trinajstić information content (AvgIpc) is 2.78. The molecule has 3 aromatic rings. The molecule has 0 amide bonds. The highest BCUT2D eigenvalue weighted by atomic mass is 19.4. The molecule has 1 aliphatic rings. The molecule has 9 heteroatoms. The molecule has 1 fully saturated rings. The van der Waals surface area contributed by atoms with Crippen molar-refractivity contribution in [2.75, 3.05) is 26.3 Å². The predicted molar refractivity (Wildman–Crippen MR) is 110 cm³/mol. The van der Waals surface area contributed by atoms with Crippen molar-refractivity contribution in [2.45, 2.75) is 26.1 Å². The topological polar surface area (TPSA) is 73.3 Å². The highest BCUT2D eigenvalue weighted by Crippen LogP contribution is 2.39. The second-order valence-corrected chi connectivity index (χ2v) is 7.67. The first kappa shape index (κ1) is 22.2. The van der Waals surface area contributed by atoms with Crippen molar-refractivity contribution in [3.63, 3.8) is 0 Å². The number of phenols is 1. The molecule has 0 unspecified atom stereocenters. The van der Waals surface area contributed by atoms with Crippen molar-refractivity contribution >= 4 is 11.0 Å². The maximum Gasteiger partial charge on any atom is 0.453 e. The number of rotatable bonds is 5. The summed E-state index contributed by atoms with van der Waals surface area (Å²) >= 11 is 0. The molecule has 32 heavy (non-hydrogen) atoms. The summed E-state index contributed by atoms with van der Waals surface area (Å²) in [6, 6.07) is 8.99. The first-order valence-corrected chi connectivity index (χ1v) is 10.3. The predicted octanol–water partition coefficient (Wildman–Crippen LogP) is 3.29. The van der Waals surface area contributed by atoms with Crippen LogP contribution in [0.5, 0.6) is 17.2 Å². The van der Waals surface area contributed by atoms with E-state index in [0.29, 0.717) is 26.3 Å². The second kappa shape index (κ2) is 8.84. The van der Waals surface area contributed by atoms with E-state index in [1.165, 1.54) is 24.3 Å². The summed E-state index contributed by atoms with van der Waals surface area (Å²) in [6.07, 6.45) is -4.22. The Balaban J connectivity index is 1.84. The summed E-state index contributed by atoms with van der Waals surface area (Å²) < 4.78 is 57.6. The van der Waals surface area contributed by atoms with Gasteiger partial charge in [0.25, 0.3) is 5.76 Å². The van der Waals surface area contributed by atoms with Gasteiger partial charge in [-0.05, 0) is 36.2 Å². The quantitative estimate of drug-likeness (QED) is 0.624. The van der Waals surface area contributed by atoms with Crippen molar-refractivity contribution in [1.82, 2.24) is 0 Å². The highest BCUT2D eigenvalue weighted by molar-refractivity contribution is 5.83. The Morgan fingerprint density at radius 2 is 1.78 bits per heavy atom. The van der Waals surface area contributed by atoms with Crippen molar-refractivity contribution in [1.29, 1.82) is 0 Å². The number of hydrogen-bond donors (Lipinski definition) is 2. The van der Waals surface area contributed by atoms with Crippen molar-refractivity contribution in [3.05, 3.63) is 63.5 Å². The number of alkyl halides is 3. The lowest BCUT2D eigenvalue weighted by atomic mass is 10.1. The van der Waals surface area contributed by atoms with Gasteiger partial charge in [0.15, 0.2) is 5.58 Å². The van der Waals surface area contributed by atoms with E-state index in [9.17, 15) is 23.1 Å². The molecule has 2 heterocycles. The van der Waals surface area contributed by atoms with Crippen LogP contribution in [0.1, 0.15) is 23.8 Å². The maximum atomic E-state index is 13.9. The van der Waals surface area contributed by atoms with Gasteiger partial charge in [0.1, 0.15) is 31.1 Å². The molecule has 1 saturated heterocycles. The zero-order valence-corrected chi connectivity index (χ0v) is 17.4. The van der Waals surface area contributed by atoms with Crippen LogP contribution >= 0.6 is 0 Å². The van der Waals surface area contributed by atoms with Crippen LogP contribution in [0, 0.1) is 0 Å². The third kappa shape index (κ3) is 4.44. The molecule has 0 bridgehead atoms. The SMILES string of the molecule is CCc1ccc(Oc2c(C(F)(F)F)oc3c(C[NH+]4CCOCC4)c(O)ccc3c2=O)cc1. The third-order valence-corrected chi connectivity index (χ3v) is 5.53. The van der Waals surface area contributed by atoms with Gasteiger partial charge in [-0.3, -0.25) is 4.79 Å². The van der Waals surface area contributed by atoms with E-state index >= 15 is 0 Å². The summed E-state index contributed by atoms with van der Waals surface area (Å²) in [5.74, 6) is -2.59. The van der Waals surface area contributed by atoms with E-state index in [4.69, 9.17) is 13.9 Å². The number of fused-ring (bicyclic) bond motifs is 1. The molecule has 6 nitrogen and oxygen atoms in total. The number of phenolic OH excluding ortho intramolecular Hbond substituents is 1. The summed E-state index contributed by atoms with van der Waals surface area (Å²) in [7, 11) is 0. The molecule has 0 atom stereocenters. The highest BCUT2D eigenvalue weighted by Gasteiger charge is 2.41. The fourth-order valence-electron chi connectivity index (χ4n) is 3.73. The minimum absolute atomic E-state index is 0.0846. The van der Waals surface area contributed by atoms with Crippen LogP contribution in [0.4, 0.5) is 13.2 Å². The Labute approximate surface area is 181 Å². The largest absolute Gasteiger partial charge is 0.507 e. The van der Waals surface area contributed by atoms with Crippen LogP contribution in [0.15, 0.2) is 45.6 Å². The van der Waals surface area contributed by atoms with Crippen LogP contribution in [0.25, 0.3) is 11.0 Å². The number of benzene rings is 2. The van der Waals surface area contributed by atoms with Crippen molar-refractivity contribution < 1.29 is 37.1 Å². The second-order valence-electron chi connectivity index (χ2n) is 7.67. The normalized spacial score (nSPS) is 15.2. The summed E-state index contributed by atoms with van der Waals surface area (Å²) in [6.45, 7) is 4.41. The molecular weight excluding hydrogens is 427 g/mol. The average molecular weight is 450 g/mol. The van der Waals surface area contributed by atoms with Crippen molar-refractivity contribution in [2.24, 2.45) is 0 Å². The lowest BCUT2D eigenvalue weighted by Crippen LogP contribution is -3.12. The lowest BCUT2D eigenvalue weighted by Gasteiger charge is -2.24. The fourth-order valence-corrected chi connectivity index (χ4v) is 3.73. The minimum Gasteiger partial charge on any atom is -0.507 e. The van der Waals surface area contributed by atoms with Crippen LogP contribution < -0.4 is 15.1 Å². The number of aryl methyl sites for hydroxylation is 1. The summed E-state index contributed by atoms with van der Waals surface area (Å²) in [5, 5.41) is 10.3. The van der Waals surface area contributed by atoms with Crippen LogP contribution in [-0.2, 0) is 23.9 Å². The van der Waals surface area contributed by atoms with Crippen LogP contribution in [-0.4, -0.2) is 31.4 Å². The smallest absolute Gasteiger partial charge is 0.453 e. The van der Waals surface area contributed by atoms with Gasteiger partial charge in [-0.1, -0.05) is 19.1 Å². The monoisotopic (exact) mass is 450 g/mol. The zero-order chi connectivity index (χ0) is 22.9. The van der Waals surface area contributed by atoms with Gasteiger partial charge in [-0.2, -0.15) is 13.2 Å².